The molecule has 1 amide bonds. The van der Waals surface area contributed by atoms with Gasteiger partial charge in [-0.25, -0.2) is 9.48 Å². The Morgan fingerprint density at radius 2 is 1.77 bits per heavy atom. The van der Waals surface area contributed by atoms with Crippen molar-refractivity contribution < 1.29 is 19.4 Å². The smallest absolute Gasteiger partial charge is 0.359 e. The summed E-state index contributed by atoms with van der Waals surface area (Å²) in [5.74, 6) is -0.941. The fourth-order valence-corrected chi connectivity index (χ4v) is 2.98. The second kappa shape index (κ2) is 9.32. The average molecular weight is 409 g/mol. The number of amides is 1. The first-order valence-electron chi connectivity index (χ1n) is 9.58. The number of ether oxygens (including phenoxy) is 1. The number of esters is 1. The van der Waals surface area contributed by atoms with Crippen LogP contribution in [0, 0.1) is 0 Å². The Morgan fingerprint density at radius 1 is 1.10 bits per heavy atom. The molecule has 1 heterocycles. The second-order valence-electron chi connectivity index (χ2n) is 7.05. The van der Waals surface area contributed by atoms with Crippen molar-refractivity contribution in [1.29, 1.82) is 0 Å². The predicted molar refractivity (Wildman–Crippen MR) is 113 cm³/mol. The number of rotatable bonds is 7. The van der Waals surface area contributed by atoms with E-state index in [0.29, 0.717) is 17.0 Å². The van der Waals surface area contributed by atoms with E-state index in [4.69, 9.17) is 9.84 Å². The molecule has 3 aromatic rings. The molecule has 0 aliphatic heterocycles. The van der Waals surface area contributed by atoms with Gasteiger partial charge in [-0.3, -0.25) is 9.59 Å². The van der Waals surface area contributed by atoms with Gasteiger partial charge in [0.25, 0.3) is 11.5 Å². The van der Waals surface area contributed by atoms with Gasteiger partial charge in [0.2, 0.25) is 0 Å². The van der Waals surface area contributed by atoms with E-state index in [1.54, 1.807) is 36.4 Å². The van der Waals surface area contributed by atoms with E-state index in [2.05, 4.69) is 24.3 Å². The molecule has 156 valence electrons. The number of hydrogen-bond donors (Lipinski definition) is 2. The van der Waals surface area contributed by atoms with E-state index in [1.807, 2.05) is 12.1 Å². The Hall–Kier alpha value is -3.52. The summed E-state index contributed by atoms with van der Waals surface area (Å²) in [6, 6.07) is 13.9. The van der Waals surface area contributed by atoms with E-state index in [9.17, 15) is 14.4 Å². The average Bonchev–Trinajstić information content (AvgIpc) is 2.74. The van der Waals surface area contributed by atoms with Crippen molar-refractivity contribution in [2.45, 2.75) is 26.3 Å². The predicted octanol–water partition coefficient (Wildman–Crippen LogP) is 2.31. The summed E-state index contributed by atoms with van der Waals surface area (Å²) in [7, 11) is 0. The van der Waals surface area contributed by atoms with Crippen LogP contribution in [0.1, 0.15) is 35.8 Å². The number of nitrogens with zero attached hydrogens (tertiary/aromatic N) is 2. The molecule has 8 heteroatoms. The third kappa shape index (κ3) is 4.72. The standard InChI is InChI=1S/C22H23N3O5/c1-14(2)15-7-9-16(10-8-15)23-19(27)13-30-22(29)20-17-5-3-4-6-18(17)21(28)25(24-20)11-12-26/h3-10,14,26H,11-13H2,1-2H3,(H,23,27). The Balaban J connectivity index is 1.73. The van der Waals surface area contributed by atoms with Crippen LogP contribution in [-0.4, -0.2) is 40.0 Å². The van der Waals surface area contributed by atoms with Crippen LogP contribution in [0.4, 0.5) is 5.69 Å². The molecule has 2 N–H and O–H groups in total. The van der Waals surface area contributed by atoms with Crippen LogP contribution in [0.3, 0.4) is 0 Å². The first-order valence-corrected chi connectivity index (χ1v) is 9.58. The van der Waals surface area contributed by atoms with E-state index in [-0.39, 0.29) is 24.2 Å². The van der Waals surface area contributed by atoms with Gasteiger partial charge in [0.1, 0.15) is 0 Å². The minimum atomic E-state index is -0.830. The van der Waals surface area contributed by atoms with Gasteiger partial charge in [-0.05, 0) is 29.7 Å². The van der Waals surface area contributed by atoms with E-state index < -0.39 is 24.0 Å². The first-order chi connectivity index (χ1) is 14.4. The van der Waals surface area contributed by atoms with Gasteiger partial charge in [0.05, 0.1) is 18.5 Å². The number of fused-ring (bicyclic) bond motifs is 1. The quantitative estimate of drug-likeness (QED) is 0.580. The molecule has 0 saturated carbocycles. The molecule has 3 rings (SSSR count). The number of aliphatic hydroxyl groups excluding tert-OH is 1. The summed E-state index contributed by atoms with van der Waals surface area (Å²) in [6.45, 7) is 3.29. The Labute approximate surface area is 173 Å². The van der Waals surface area contributed by atoms with Crippen molar-refractivity contribution in [3.63, 3.8) is 0 Å². The third-order valence-electron chi connectivity index (χ3n) is 4.57. The lowest BCUT2D eigenvalue weighted by molar-refractivity contribution is -0.119. The van der Waals surface area contributed by atoms with Gasteiger partial charge in [-0.2, -0.15) is 5.10 Å². The zero-order chi connectivity index (χ0) is 21.7. The Morgan fingerprint density at radius 3 is 2.40 bits per heavy atom. The van der Waals surface area contributed by atoms with Crippen LogP contribution in [0.5, 0.6) is 0 Å². The lowest BCUT2D eigenvalue weighted by Gasteiger charge is -2.11. The summed E-state index contributed by atoms with van der Waals surface area (Å²) in [4.78, 5) is 37.1. The number of aliphatic hydroxyl groups is 1. The summed E-state index contributed by atoms with van der Waals surface area (Å²) < 4.78 is 6.12. The molecule has 0 radical (unpaired) electrons. The van der Waals surface area contributed by atoms with Crippen molar-refractivity contribution in [2.75, 3.05) is 18.5 Å². The van der Waals surface area contributed by atoms with Gasteiger partial charge in [0, 0.05) is 11.1 Å². The van der Waals surface area contributed by atoms with Gasteiger partial charge >= 0.3 is 5.97 Å². The molecule has 2 aromatic carbocycles. The number of carbonyl (C=O) groups is 2. The van der Waals surface area contributed by atoms with E-state index >= 15 is 0 Å². The number of benzene rings is 2. The van der Waals surface area contributed by atoms with Crippen LogP contribution >= 0.6 is 0 Å². The number of aromatic nitrogens is 2. The zero-order valence-corrected chi connectivity index (χ0v) is 16.8. The van der Waals surface area contributed by atoms with Crippen LogP contribution < -0.4 is 10.9 Å². The van der Waals surface area contributed by atoms with Crippen molar-refractivity contribution in [2.24, 2.45) is 0 Å². The van der Waals surface area contributed by atoms with Crippen LogP contribution in [0.2, 0.25) is 0 Å². The molecule has 0 unspecified atom stereocenters. The molecule has 0 bridgehead atoms. The van der Waals surface area contributed by atoms with Gasteiger partial charge in [-0.1, -0.05) is 44.2 Å². The molecule has 0 aliphatic carbocycles. The minimum Gasteiger partial charge on any atom is -0.451 e. The first kappa shape index (κ1) is 21.2. The molecule has 0 spiro atoms. The van der Waals surface area contributed by atoms with Crippen molar-refractivity contribution in [3.05, 3.63) is 70.1 Å². The maximum absolute atomic E-state index is 12.6. The molecular weight excluding hydrogens is 386 g/mol. The SMILES string of the molecule is CC(C)c1ccc(NC(=O)COC(=O)c2nn(CCO)c(=O)c3ccccc23)cc1. The summed E-state index contributed by atoms with van der Waals surface area (Å²) >= 11 is 0. The lowest BCUT2D eigenvalue weighted by atomic mass is 10.0. The Kier molecular flexibility index (Phi) is 6.58. The minimum absolute atomic E-state index is 0.0587. The van der Waals surface area contributed by atoms with Crippen molar-refractivity contribution in [3.8, 4) is 0 Å². The van der Waals surface area contributed by atoms with Crippen molar-refractivity contribution >= 4 is 28.3 Å². The molecule has 0 fully saturated rings. The van der Waals surface area contributed by atoms with E-state index in [0.717, 1.165) is 10.2 Å². The topological polar surface area (TPSA) is 111 Å². The largest absolute Gasteiger partial charge is 0.451 e. The highest BCUT2D eigenvalue weighted by atomic mass is 16.5. The van der Waals surface area contributed by atoms with Gasteiger partial charge in [0.15, 0.2) is 12.3 Å². The number of carbonyl (C=O) groups excluding carboxylic acids is 2. The van der Waals surface area contributed by atoms with Crippen LogP contribution in [0.15, 0.2) is 53.3 Å². The fraction of sp³-hybridized carbons (Fsp3) is 0.273. The second-order valence-corrected chi connectivity index (χ2v) is 7.05. The normalized spacial score (nSPS) is 10.9. The van der Waals surface area contributed by atoms with Crippen LogP contribution in [0.25, 0.3) is 10.8 Å². The zero-order valence-electron chi connectivity index (χ0n) is 16.8. The van der Waals surface area contributed by atoms with Gasteiger partial charge in [-0.15, -0.1) is 0 Å². The number of anilines is 1. The molecule has 1 aromatic heterocycles. The van der Waals surface area contributed by atoms with Crippen LogP contribution in [-0.2, 0) is 16.1 Å². The monoisotopic (exact) mass is 409 g/mol. The van der Waals surface area contributed by atoms with E-state index in [1.165, 1.54) is 0 Å². The molecule has 0 atom stereocenters. The number of nitrogens with one attached hydrogen (secondary N) is 1. The number of hydrogen-bond acceptors (Lipinski definition) is 6. The molecule has 8 nitrogen and oxygen atoms in total. The highest BCUT2D eigenvalue weighted by Crippen LogP contribution is 2.17. The maximum atomic E-state index is 12.6. The molecule has 30 heavy (non-hydrogen) atoms. The Bertz CT molecular complexity index is 1120. The van der Waals surface area contributed by atoms with Crippen molar-refractivity contribution in [1.82, 2.24) is 9.78 Å². The highest BCUT2D eigenvalue weighted by molar-refractivity contribution is 6.03. The molecule has 0 aliphatic rings. The lowest BCUT2D eigenvalue weighted by Crippen LogP contribution is -2.28. The fourth-order valence-electron chi connectivity index (χ4n) is 2.98. The summed E-state index contributed by atoms with van der Waals surface area (Å²) in [5.41, 5.74) is 1.24. The molecular formula is C22H23N3O5. The summed E-state index contributed by atoms with van der Waals surface area (Å²) in [6.07, 6.45) is 0. The summed E-state index contributed by atoms with van der Waals surface area (Å²) in [5, 5.41) is 16.4. The highest BCUT2D eigenvalue weighted by Gasteiger charge is 2.19. The van der Waals surface area contributed by atoms with Gasteiger partial charge < -0.3 is 15.2 Å². The molecule has 0 saturated heterocycles. The maximum Gasteiger partial charge on any atom is 0.359 e. The third-order valence-corrected chi connectivity index (χ3v) is 4.57.